The van der Waals surface area contributed by atoms with E-state index >= 15 is 0 Å². The van der Waals surface area contributed by atoms with Crippen molar-refractivity contribution in [2.45, 2.75) is 31.7 Å². The third-order valence-electron chi connectivity index (χ3n) is 5.25. The molecule has 2 aliphatic rings. The molecule has 0 aliphatic carbocycles. The molecule has 2 atom stereocenters. The first-order valence-corrected chi connectivity index (χ1v) is 12.1. The number of benzene rings is 2. The predicted molar refractivity (Wildman–Crippen MR) is 116 cm³/mol. The van der Waals surface area contributed by atoms with E-state index in [2.05, 4.69) is 36.9 Å². The van der Waals surface area contributed by atoms with Gasteiger partial charge in [-0.2, -0.15) is 0 Å². The topological polar surface area (TPSA) is 59.0 Å². The van der Waals surface area contributed by atoms with E-state index < -0.39 is 9.84 Å². The third kappa shape index (κ3) is 3.78. The quantitative estimate of drug-likeness (QED) is 0.762. The van der Waals surface area contributed by atoms with E-state index in [0.29, 0.717) is 0 Å². The van der Waals surface area contributed by atoms with Crippen LogP contribution in [0.2, 0.25) is 0 Å². The van der Waals surface area contributed by atoms with Gasteiger partial charge in [-0.15, -0.1) is 0 Å². The molecule has 0 spiro atoms. The van der Waals surface area contributed by atoms with Crippen molar-refractivity contribution in [1.82, 2.24) is 0 Å². The number of rotatable bonds is 4. The molecule has 2 aromatic carbocycles. The lowest BCUT2D eigenvalue weighted by Gasteiger charge is -2.28. The summed E-state index contributed by atoms with van der Waals surface area (Å²) >= 11 is 1.66. The second-order valence-electron chi connectivity index (χ2n) is 7.42. The van der Waals surface area contributed by atoms with Crippen LogP contribution in [-0.2, 0) is 15.6 Å². The normalized spacial score (nSPS) is 22.8. The molecular weight excluding hydrogens is 392 g/mol. The Morgan fingerprint density at radius 2 is 1.89 bits per heavy atom. The molecule has 2 unspecified atom stereocenters. The molecule has 2 aliphatic heterocycles. The molecule has 28 heavy (non-hydrogen) atoms. The fraction of sp³-hybridized carbons (Fsp3) is 0.381. The van der Waals surface area contributed by atoms with Gasteiger partial charge in [-0.25, -0.2) is 8.42 Å². The molecule has 2 heterocycles. The highest BCUT2D eigenvalue weighted by atomic mass is 32.2. The van der Waals surface area contributed by atoms with Crippen LogP contribution in [0.5, 0.6) is 5.75 Å². The van der Waals surface area contributed by atoms with Crippen molar-refractivity contribution < 1.29 is 13.2 Å². The van der Waals surface area contributed by atoms with Crippen LogP contribution in [0.15, 0.2) is 47.5 Å². The lowest BCUT2D eigenvalue weighted by atomic mass is 10.1. The van der Waals surface area contributed by atoms with Crippen molar-refractivity contribution in [3.05, 3.63) is 59.2 Å². The molecule has 5 nitrogen and oxygen atoms in total. The molecule has 0 aromatic heterocycles. The van der Waals surface area contributed by atoms with Crippen molar-refractivity contribution in [2.24, 2.45) is 4.99 Å². The molecule has 1 fully saturated rings. The number of methoxy groups -OCH3 is 1. The Morgan fingerprint density at radius 3 is 2.57 bits per heavy atom. The number of hydrogen-bond acceptors (Lipinski definition) is 6. The van der Waals surface area contributed by atoms with Gasteiger partial charge in [-0.05, 0) is 43.2 Å². The standard InChI is InChI=1S/C21H24N2O3S2/c1-14-4-9-19(15(2)10-14)23-20-13-28(24,25)12-18(20)22-21(23)27-11-16-5-7-17(26-3)8-6-16/h4-10,18,20H,11-13H2,1-3H3. The highest BCUT2D eigenvalue weighted by Crippen LogP contribution is 2.37. The van der Waals surface area contributed by atoms with Crippen LogP contribution in [-0.4, -0.2) is 44.3 Å². The number of thioether (sulfide) groups is 1. The van der Waals surface area contributed by atoms with Crippen molar-refractivity contribution in [1.29, 1.82) is 0 Å². The monoisotopic (exact) mass is 416 g/mol. The summed E-state index contributed by atoms with van der Waals surface area (Å²) in [6.07, 6.45) is 0. The minimum Gasteiger partial charge on any atom is -0.497 e. The number of sulfone groups is 1. The number of fused-ring (bicyclic) bond motifs is 1. The molecule has 0 bridgehead atoms. The van der Waals surface area contributed by atoms with Crippen LogP contribution in [0.1, 0.15) is 16.7 Å². The molecule has 1 saturated heterocycles. The number of hydrogen-bond donors (Lipinski definition) is 0. The lowest BCUT2D eigenvalue weighted by molar-refractivity contribution is 0.414. The average Bonchev–Trinajstić information content (AvgIpc) is 3.12. The van der Waals surface area contributed by atoms with E-state index in [1.165, 1.54) is 11.1 Å². The Bertz CT molecular complexity index is 1020. The number of aryl methyl sites for hydroxylation is 2. The maximum Gasteiger partial charge on any atom is 0.164 e. The molecule has 0 radical (unpaired) electrons. The second kappa shape index (κ2) is 7.44. The van der Waals surface area contributed by atoms with Crippen LogP contribution >= 0.6 is 11.8 Å². The first-order chi connectivity index (χ1) is 13.4. The summed E-state index contributed by atoms with van der Waals surface area (Å²) in [4.78, 5) is 6.97. The molecular formula is C21H24N2O3S2. The average molecular weight is 417 g/mol. The molecule has 0 amide bonds. The Morgan fingerprint density at radius 1 is 1.14 bits per heavy atom. The third-order valence-corrected chi connectivity index (χ3v) is 7.98. The first kappa shape index (κ1) is 19.3. The molecule has 148 valence electrons. The number of amidine groups is 1. The summed E-state index contributed by atoms with van der Waals surface area (Å²) in [5.74, 6) is 1.92. The zero-order chi connectivity index (χ0) is 19.9. The van der Waals surface area contributed by atoms with Crippen molar-refractivity contribution in [3.8, 4) is 5.75 Å². The van der Waals surface area contributed by atoms with Gasteiger partial charge in [-0.1, -0.05) is 41.6 Å². The van der Waals surface area contributed by atoms with E-state index in [1.54, 1.807) is 18.9 Å². The van der Waals surface area contributed by atoms with E-state index in [9.17, 15) is 8.42 Å². The van der Waals surface area contributed by atoms with Crippen LogP contribution in [0, 0.1) is 13.8 Å². The Balaban J connectivity index is 1.61. The Hall–Kier alpha value is -1.99. The summed E-state index contributed by atoms with van der Waals surface area (Å²) in [6.45, 7) is 4.14. The fourth-order valence-corrected chi connectivity index (χ4v) is 6.78. The van der Waals surface area contributed by atoms with Gasteiger partial charge in [0.1, 0.15) is 5.75 Å². The lowest BCUT2D eigenvalue weighted by Crippen LogP contribution is -2.39. The van der Waals surface area contributed by atoms with Gasteiger partial charge in [0.2, 0.25) is 0 Å². The van der Waals surface area contributed by atoms with E-state index in [4.69, 9.17) is 9.73 Å². The molecule has 0 N–H and O–H groups in total. The van der Waals surface area contributed by atoms with Gasteiger partial charge in [0, 0.05) is 11.4 Å². The highest BCUT2D eigenvalue weighted by Gasteiger charge is 2.47. The summed E-state index contributed by atoms with van der Waals surface area (Å²) in [5, 5.41) is 0.910. The van der Waals surface area contributed by atoms with Crippen LogP contribution in [0.4, 0.5) is 5.69 Å². The smallest absolute Gasteiger partial charge is 0.164 e. The summed E-state index contributed by atoms with van der Waals surface area (Å²) in [6, 6.07) is 14.0. The van der Waals surface area contributed by atoms with E-state index in [-0.39, 0.29) is 23.6 Å². The molecule has 4 rings (SSSR count). The van der Waals surface area contributed by atoms with Crippen molar-refractivity contribution in [3.63, 3.8) is 0 Å². The number of nitrogens with zero attached hydrogens (tertiary/aromatic N) is 2. The summed E-state index contributed by atoms with van der Waals surface area (Å²) < 4.78 is 29.6. The van der Waals surface area contributed by atoms with Gasteiger partial charge >= 0.3 is 0 Å². The van der Waals surface area contributed by atoms with E-state index in [0.717, 1.165) is 27.9 Å². The summed E-state index contributed by atoms with van der Waals surface area (Å²) in [5.41, 5.74) is 4.57. The van der Waals surface area contributed by atoms with Crippen LogP contribution in [0.3, 0.4) is 0 Å². The molecule has 7 heteroatoms. The Kier molecular flexibility index (Phi) is 5.14. The summed E-state index contributed by atoms with van der Waals surface area (Å²) in [7, 11) is -1.38. The second-order valence-corrected chi connectivity index (χ2v) is 10.5. The number of aliphatic imine (C=N–C) groups is 1. The van der Waals surface area contributed by atoms with Crippen LogP contribution < -0.4 is 9.64 Å². The highest BCUT2D eigenvalue weighted by molar-refractivity contribution is 8.13. The fourth-order valence-electron chi connectivity index (χ4n) is 3.86. The van der Waals surface area contributed by atoms with Crippen molar-refractivity contribution >= 4 is 32.5 Å². The predicted octanol–water partition coefficient (Wildman–Crippen LogP) is 3.59. The maximum absolute atomic E-state index is 12.2. The van der Waals surface area contributed by atoms with Crippen molar-refractivity contribution in [2.75, 3.05) is 23.5 Å². The van der Waals surface area contributed by atoms with E-state index in [1.807, 2.05) is 24.3 Å². The van der Waals surface area contributed by atoms with Gasteiger partial charge in [0.25, 0.3) is 0 Å². The van der Waals surface area contributed by atoms with Gasteiger partial charge < -0.3 is 9.64 Å². The van der Waals surface area contributed by atoms with Gasteiger partial charge in [0.05, 0.1) is 30.7 Å². The minimum absolute atomic E-state index is 0.107. The number of anilines is 1. The van der Waals surface area contributed by atoms with Crippen LogP contribution in [0.25, 0.3) is 0 Å². The first-order valence-electron chi connectivity index (χ1n) is 9.27. The minimum atomic E-state index is -3.04. The molecule has 2 aromatic rings. The largest absolute Gasteiger partial charge is 0.497 e. The van der Waals surface area contributed by atoms with Gasteiger partial charge in [0.15, 0.2) is 15.0 Å². The number of ether oxygens (including phenoxy) is 1. The molecule has 0 saturated carbocycles. The zero-order valence-electron chi connectivity index (χ0n) is 16.3. The Labute approximate surface area is 170 Å². The SMILES string of the molecule is COc1ccc(CSC2=NC3CS(=O)(=O)CC3N2c2ccc(C)cc2C)cc1. The maximum atomic E-state index is 12.2. The van der Waals surface area contributed by atoms with Gasteiger partial charge in [-0.3, -0.25) is 4.99 Å². The zero-order valence-corrected chi connectivity index (χ0v) is 17.9.